The Morgan fingerprint density at radius 3 is 2.30 bits per heavy atom. The third-order valence-corrected chi connectivity index (χ3v) is 6.94. The molecule has 2 heterocycles. The number of fused-ring (bicyclic) bond motifs is 1. The highest BCUT2D eigenvalue weighted by Crippen LogP contribution is 2.30. The number of amides is 2. The van der Waals surface area contributed by atoms with E-state index in [2.05, 4.69) is 26.5 Å². The van der Waals surface area contributed by atoms with E-state index in [-0.39, 0.29) is 11.5 Å². The fourth-order valence-electron chi connectivity index (χ4n) is 4.87. The molecule has 1 fully saturated rings. The molecular formula is C31H36N4O7S. The lowest BCUT2D eigenvalue weighted by molar-refractivity contribution is 0.240. The van der Waals surface area contributed by atoms with Crippen molar-refractivity contribution in [2.24, 2.45) is 0 Å². The summed E-state index contributed by atoms with van der Waals surface area (Å²) in [6, 6.07) is 22.4. The lowest BCUT2D eigenvalue weighted by Crippen LogP contribution is -2.48. The van der Waals surface area contributed by atoms with Crippen molar-refractivity contribution in [3.63, 3.8) is 0 Å². The van der Waals surface area contributed by atoms with Crippen LogP contribution < -0.4 is 25.7 Å². The number of carbonyl (C=O) groups is 1. The van der Waals surface area contributed by atoms with Gasteiger partial charge >= 0.3 is 6.03 Å². The zero-order chi connectivity index (χ0) is 31.0. The summed E-state index contributed by atoms with van der Waals surface area (Å²) >= 11 is 0. The van der Waals surface area contributed by atoms with Gasteiger partial charge in [0.05, 0.1) is 30.1 Å². The van der Waals surface area contributed by atoms with Gasteiger partial charge in [-0.2, -0.15) is 8.42 Å². The summed E-state index contributed by atoms with van der Waals surface area (Å²) in [7, 11) is -1.97. The molecule has 0 saturated carbocycles. The number of piperazine rings is 1. The molecule has 4 aromatic rings. The van der Waals surface area contributed by atoms with Crippen LogP contribution in [-0.2, 0) is 10.1 Å². The summed E-state index contributed by atoms with van der Waals surface area (Å²) in [4.78, 5) is 30.4. The lowest BCUT2D eigenvalue weighted by atomic mass is 10.1. The molecule has 1 aromatic heterocycles. The minimum Gasteiger partial charge on any atom is -0.495 e. The molecule has 0 unspecified atom stereocenters. The minimum atomic E-state index is -3.67. The second kappa shape index (κ2) is 14.2. The Kier molecular flexibility index (Phi) is 10.4. The van der Waals surface area contributed by atoms with Gasteiger partial charge < -0.3 is 24.7 Å². The van der Waals surface area contributed by atoms with Crippen molar-refractivity contribution in [3.05, 3.63) is 88.6 Å². The first-order valence-corrected chi connectivity index (χ1v) is 15.6. The summed E-state index contributed by atoms with van der Waals surface area (Å²) in [6.45, 7) is 6.60. The largest absolute Gasteiger partial charge is 0.495 e. The Morgan fingerprint density at radius 2 is 1.63 bits per heavy atom. The minimum absolute atomic E-state index is 0.110. The first-order valence-electron chi connectivity index (χ1n) is 13.7. The van der Waals surface area contributed by atoms with Gasteiger partial charge in [0.2, 0.25) is 0 Å². The van der Waals surface area contributed by atoms with E-state index in [4.69, 9.17) is 13.7 Å². The average molecular weight is 609 g/mol. The second-order valence-electron chi connectivity index (χ2n) is 10.0. The molecule has 43 heavy (non-hydrogen) atoms. The molecule has 12 heteroatoms. The van der Waals surface area contributed by atoms with Gasteiger partial charge in [0.1, 0.15) is 11.5 Å². The smallest absolute Gasteiger partial charge is 0.319 e. The van der Waals surface area contributed by atoms with Crippen molar-refractivity contribution in [3.8, 4) is 17.1 Å². The van der Waals surface area contributed by atoms with Gasteiger partial charge in [0, 0.05) is 50.4 Å². The Balaban J connectivity index is 0.000000782. The highest BCUT2D eigenvalue weighted by atomic mass is 32.2. The molecule has 3 aromatic carbocycles. The van der Waals surface area contributed by atoms with Crippen LogP contribution in [-0.4, -0.2) is 76.5 Å². The number of urea groups is 1. The Morgan fingerprint density at radius 1 is 0.977 bits per heavy atom. The number of rotatable bonds is 7. The molecule has 228 valence electrons. The SMILES string of the molecule is COc1ccccc1N1CCN(CCNC(=O)Nc2cccc3c(=O)c(C)c(-c4ccccc4)oc23)CC1.CS(=O)(=O)O. The van der Waals surface area contributed by atoms with Crippen molar-refractivity contribution >= 4 is 38.5 Å². The summed E-state index contributed by atoms with van der Waals surface area (Å²) in [5, 5.41) is 6.24. The van der Waals surface area contributed by atoms with Crippen LogP contribution in [0.1, 0.15) is 5.56 Å². The molecule has 1 aliphatic heterocycles. The van der Waals surface area contributed by atoms with Crippen molar-refractivity contribution in [2.45, 2.75) is 6.92 Å². The molecule has 0 atom stereocenters. The van der Waals surface area contributed by atoms with Crippen LogP contribution in [0.5, 0.6) is 5.75 Å². The summed E-state index contributed by atoms with van der Waals surface area (Å²) < 4.78 is 37.6. The molecular weight excluding hydrogens is 572 g/mol. The number of ether oxygens (including phenoxy) is 1. The zero-order valence-electron chi connectivity index (χ0n) is 24.4. The van der Waals surface area contributed by atoms with E-state index in [1.807, 2.05) is 48.5 Å². The predicted octanol–water partition coefficient (Wildman–Crippen LogP) is 4.22. The number of nitrogens with zero attached hydrogens (tertiary/aromatic N) is 2. The number of anilines is 2. The number of benzene rings is 3. The maximum Gasteiger partial charge on any atom is 0.319 e. The van der Waals surface area contributed by atoms with Crippen LogP contribution in [0.4, 0.5) is 16.2 Å². The van der Waals surface area contributed by atoms with Crippen LogP contribution in [0.25, 0.3) is 22.3 Å². The lowest BCUT2D eigenvalue weighted by Gasteiger charge is -2.36. The molecule has 1 aliphatic rings. The summed E-state index contributed by atoms with van der Waals surface area (Å²) in [6.07, 6.45) is 0.715. The van der Waals surface area contributed by atoms with E-state index < -0.39 is 10.1 Å². The molecule has 11 nitrogen and oxygen atoms in total. The van der Waals surface area contributed by atoms with Crippen molar-refractivity contribution in [1.82, 2.24) is 10.2 Å². The molecule has 0 bridgehead atoms. The molecule has 3 N–H and O–H groups in total. The second-order valence-corrected chi connectivity index (χ2v) is 11.5. The average Bonchev–Trinajstić information content (AvgIpc) is 2.99. The number of nitrogens with one attached hydrogen (secondary N) is 2. The van der Waals surface area contributed by atoms with Crippen molar-refractivity contribution in [1.29, 1.82) is 0 Å². The highest BCUT2D eigenvalue weighted by molar-refractivity contribution is 7.85. The van der Waals surface area contributed by atoms with Crippen LogP contribution in [0.2, 0.25) is 0 Å². The first kappa shape index (κ1) is 31.5. The number of hydrogen-bond acceptors (Lipinski definition) is 8. The molecule has 0 radical (unpaired) electrons. The quantitative estimate of drug-likeness (QED) is 0.263. The normalized spacial score (nSPS) is 13.6. The van der Waals surface area contributed by atoms with Gasteiger partial charge in [-0.25, -0.2) is 4.79 Å². The van der Waals surface area contributed by atoms with E-state index in [9.17, 15) is 18.0 Å². The van der Waals surface area contributed by atoms with E-state index in [1.54, 1.807) is 32.2 Å². The Labute approximate surface area is 250 Å². The van der Waals surface area contributed by atoms with E-state index in [0.717, 1.165) is 49.7 Å². The number of methoxy groups -OCH3 is 1. The zero-order valence-corrected chi connectivity index (χ0v) is 25.2. The van der Waals surface area contributed by atoms with E-state index in [0.29, 0.717) is 40.8 Å². The number of carbonyl (C=O) groups excluding carboxylic acids is 1. The third-order valence-electron chi connectivity index (χ3n) is 6.94. The standard InChI is InChI=1S/C30H32N4O4.CH4O3S/c1-21-27(35)23-11-8-12-24(29(23)38-28(21)22-9-4-3-5-10-22)32-30(36)31-15-16-33-17-19-34(20-18-33)25-13-6-7-14-26(25)37-2;1-5(2,3)4/h3-14H,15-20H2,1-2H3,(H2,31,32,36);1H3,(H,2,3,4). The van der Waals surface area contributed by atoms with Gasteiger partial charge in [-0.05, 0) is 31.2 Å². The Hall–Kier alpha value is -4.39. The van der Waals surface area contributed by atoms with Crippen LogP contribution in [0.15, 0.2) is 82.0 Å². The molecule has 0 spiro atoms. The monoisotopic (exact) mass is 608 g/mol. The number of hydrogen-bond donors (Lipinski definition) is 3. The molecule has 5 rings (SSSR count). The maximum absolute atomic E-state index is 13.1. The predicted molar refractivity (Wildman–Crippen MR) is 169 cm³/mol. The van der Waals surface area contributed by atoms with Crippen LogP contribution in [0.3, 0.4) is 0 Å². The fraction of sp³-hybridized carbons (Fsp3) is 0.290. The first-order chi connectivity index (χ1) is 20.5. The third kappa shape index (κ3) is 8.57. The molecule has 2 amide bonds. The van der Waals surface area contributed by atoms with Gasteiger partial charge in [-0.3, -0.25) is 14.2 Å². The highest BCUT2D eigenvalue weighted by Gasteiger charge is 2.20. The van der Waals surface area contributed by atoms with E-state index >= 15 is 0 Å². The van der Waals surface area contributed by atoms with Crippen molar-refractivity contribution < 1.29 is 26.9 Å². The Bertz CT molecular complexity index is 1710. The van der Waals surface area contributed by atoms with Gasteiger partial charge in [0.25, 0.3) is 10.1 Å². The van der Waals surface area contributed by atoms with Crippen LogP contribution in [0, 0.1) is 6.92 Å². The molecule has 1 saturated heterocycles. The maximum atomic E-state index is 13.1. The van der Waals surface area contributed by atoms with E-state index in [1.165, 1.54) is 0 Å². The van der Waals surface area contributed by atoms with Crippen LogP contribution >= 0.6 is 0 Å². The topological polar surface area (TPSA) is 141 Å². The number of para-hydroxylation sites is 3. The van der Waals surface area contributed by atoms with Gasteiger partial charge in [-0.1, -0.05) is 48.5 Å². The van der Waals surface area contributed by atoms with Gasteiger partial charge in [-0.15, -0.1) is 0 Å². The molecule has 0 aliphatic carbocycles. The summed E-state index contributed by atoms with van der Waals surface area (Å²) in [5.74, 6) is 1.39. The summed E-state index contributed by atoms with van der Waals surface area (Å²) in [5.41, 5.74) is 3.18. The van der Waals surface area contributed by atoms with Gasteiger partial charge in [0.15, 0.2) is 11.0 Å². The fourth-order valence-corrected chi connectivity index (χ4v) is 4.87. The van der Waals surface area contributed by atoms with Crippen molar-refractivity contribution in [2.75, 3.05) is 62.9 Å².